The van der Waals surface area contributed by atoms with E-state index in [1.165, 1.54) is 12.1 Å². The van der Waals surface area contributed by atoms with Gasteiger partial charge in [0.2, 0.25) is 5.91 Å². The summed E-state index contributed by atoms with van der Waals surface area (Å²) in [7, 11) is -3.23. The van der Waals surface area contributed by atoms with Crippen molar-refractivity contribution >= 4 is 33.8 Å². The quantitative estimate of drug-likeness (QED) is 0.737. The number of hydrogen-bond donors (Lipinski definition) is 2. The molecule has 1 atom stereocenters. The molecular formula is C19H23ClN2O5S. The zero-order valence-corrected chi connectivity index (χ0v) is 17.0. The van der Waals surface area contributed by atoms with Crippen LogP contribution < -0.4 is 15.4 Å². The molecule has 1 fully saturated rings. The monoisotopic (exact) mass is 426 g/mol. The average Bonchev–Trinajstić information content (AvgIpc) is 2.64. The molecule has 2 N–H and O–H groups in total. The summed E-state index contributed by atoms with van der Waals surface area (Å²) in [6.45, 7) is 1.98. The van der Waals surface area contributed by atoms with Crippen LogP contribution in [0.25, 0.3) is 0 Å². The molecule has 1 amide bonds. The molecule has 1 heterocycles. The Kier molecular flexibility index (Phi) is 7.82. The van der Waals surface area contributed by atoms with Crippen LogP contribution in [0.3, 0.4) is 0 Å². The van der Waals surface area contributed by atoms with E-state index in [1.54, 1.807) is 36.4 Å². The number of benzene rings is 2. The molecule has 1 unspecified atom stereocenters. The zero-order chi connectivity index (χ0) is 19.3. The number of morpholine rings is 1. The van der Waals surface area contributed by atoms with Gasteiger partial charge in [-0.1, -0.05) is 0 Å². The van der Waals surface area contributed by atoms with Crippen LogP contribution in [0.2, 0.25) is 0 Å². The molecule has 0 spiro atoms. The number of halogens is 1. The predicted molar refractivity (Wildman–Crippen MR) is 109 cm³/mol. The normalized spacial score (nSPS) is 16.7. The van der Waals surface area contributed by atoms with Crippen molar-refractivity contribution < 1.29 is 22.7 Å². The molecule has 1 aliphatic heterocycles. The molecule has 7 nitrogen and oxygen atoms in total. The van der Waals surface area contributed by atoms with Crippen LogP contribution >= 0.6 is 12.4 Å². The number of amides is 1. The number of anilines is 1. The molecule has 0 radical (unpaired) electrons. The van der Waals surface area contributed by atoms with Crippen molar-refractivity contribution in [1.82, 2.24) is 5.32 Å². The second kappa shape index (κ2) is 9.88. The minimum Gasteiger partial charge on any atom is -0.457 e. The van der Waals surface area contributed by atoms with Gasteiger partial charge in [0.15, 0.2) is 9.84 Å². The zero-order valence-electron chi connectivity index (χ0n) is 15.4. The van der Waals surface area contributed by atoms with Crippen molar-refractivity contribution in [2.24, 2.45) is 0 Å². The van der Waals surface area contributed by atoms with Crippen LogP contribution in [0.15, 0.2) is 53.4 Å². The Balaban J connectivity index is 0.00000280. The van der Waals surface area contributed by atoms with E-state index in [2.05, 4.69) is 10.6 Å². The van der Waals surface area contributed by atoms with Crippen molar-refractivity contribution in [3.63, 3.8) is 0 Å². The highest BCUT2D eigenvalue weighted by Crippen LogP contribution is 2.24. The van der Waals surface area contributed by atoms with Crippen LogP contribution in [-0.4, -0.2) is 46.4 Å². The molecule has 2 aromatic carbocycles. The van der Waals surface area contributed by atoms with Crippen LogP contribution in [0.1, 0.15) is 6.42 Å². The van der Waals surface area contributed by atoms with Crippen LogP contribution in [-0.2, 0) is 19.4 Å². The van der Waals surface area contributed by atoms with Gasteiger partial charge >= 0.3 is 0 Å². The second-order valence-electron chi connectivity index (χ2n) is 6.35. The molecule has 9 heteroatoms. The Hall–Kier alpha value is -2.13. The standard InChI is InChI=1S/C19H22N2O5S.ClH/c1-27(23,24)18-8-6-17(7-9-18)26-16-4-2-14(3-5-16)21-19(22)12-15-13-25-11-10-20-15;/h2-9,15,20H,10-13H2,1H3,(H,21,22);1H. The molecule has 152 valence electrons. The fourth-order valence-electron chi connectivity index (χ4n) is 2.68. The summed E-state index contributed by atoms with van der Waals surface area (Å²) in [6.07, 6.45) is 1.51. The first-order chi connectivity index (χ1) is 12.9. The van der Waals surface area contributed by atoms with Gasteiger partial charge in [-0.2, -0.15) is 0 Å². The van der Waals surface area contributed by atoms with Gasteiger partial charge in [0.25, 0.3) is 0 Å². The molecule has 1 saturated heterocycles. The highest BCUT2D eigenvalue weighted by Gasteiger charge is 2.16. The summed E-state index contributed by atoms with van der Waals surface area (Å²) < 4.78 is 34.0. The third kappa shape index (κ3) is 6.49. The number of nitrogens with one attached hydrogen (secondary N) is 2. The molecule has 28 heavy (non-hydrogen) atoms. The number of carbonyl (C=O) groups is 1. The third-order valence-corrected chi connectivity index (χ3v) is 5.18. The topological polar surface area (TPSA) is 93.7 Å². The third-order valence-electron chi connectivity index (χ3n) is 4.06. The SMILES string of the molecule is CS(=O)(=O)c1ccc(Oc2ccc(NC(=O)CC3COCCN3)cc2)cc1.Cl. The fraction of sp³-hybridized carbons (Fsp3) is 0.316. The van der Waals surface area contributed by atoms with Crippen molar-refractivity contribution in [3.8, 4) is 11.5 Å². The van der Waals surface area contributed by atoms with Crippen molar-refractivity contribution in [2.75, 3.05) is 31.3 Å². The highest BCUT2D eigenvalue weighted by molar-refractivity contribution is 7.90. The molecule has 1 aliphatic rings. The van der Waals surface area contributed by atoms with E-state index < -0.39 is 9.84 Å². The predicted octanol–water partition coefficient (Wildman–Crippen LogP) is 2.62. The molecule has 2 aromatic rings. The smallest absolute Gasteiger partial charge is 0.226 e. The first-order valence-corrected chi connectivity index (χ1v) is 10.5. The van der Waals surface area contributed by atoms with E-state index in [4.69, 9.17) is 9.47 Å². The van der Waals surface area contributed by atoms with E-state index in [0.29, 0.717) is 36.8 Å². The van der Waals surface area contributed by atoms with Gasteiger partial charge in [-0.3, -0.25) is 4.79 Å². The molecule has 0 bridgehead atoms. The van der Waals surface area contributed by atoms with Crippen molar-refractivity contribution in [3.05, 3.63) is 48.5 Å². The first-order valence-electron chi connectivity index (χ1n) is 8.59. The Morgan fingerprint density at radius 2 is 1.75 bits per heavy atom. The highest BCUT2D eigenvalue weighted by atomic mass is 35.5. The van der Waals surface area contributed by atoms with Gasteiger partial charge < -0.3 is 20.1 Å². The Morgan fingerprint density at radius 1 is 1.14 bits per heavy atom. The minimum absolute atomic E-state index is 0. The van der Waals surface area contributed by atoms with E-state index in [9.17, 15) is 13.2 Å². The van der Waals surface area contributed by atoms with Crippen LogP contribution in [0.5, 0.6) is 11.5 Å². The van der Waals surface area contributed by atoms with Crippen molar-refractivity contribution in [2.45, 2.75) is 17.4 Å². The van der Waals surface area contributed by atoms with Gasteiger partial charge in [0, 0.05) is 31.0 Å². The lowest BCUT2D eigenvalue weighted by atomic mass is 10.2. The molecule has 0 saturated carbocycles. The lowest BCUT2D eigenvalue weighted by Crippen LogP contribution is -2.43. The maximum Gasteiger partial charge on any atom is 0.226 e. The molecule has 0 aliphatic carbocycles. The number of ether oxygens (including phenoxy) is 2. The van der Waals surface area contributed by atoms with Gasteiger partial charge in [-0.05, 0) is 48.5 Å². The Morgan fingerprint density at radius 3 is 2.29 bits per heavy atom. The first kappa shape index (κ1) is 22.2. The lowest BCUT2D eigenvalue weighted by Gasteiger charge is -2.23. The Bertz CT molecular complexity index is 880. The lowest BCUT2D eigenvalue weighted by molar-refractivity contribution is -0.117. The largest absolute Gasteiger partial charge is 0.457 e. The molecule has 3 rings (SSSR count). The number of carbonyl (C=O) groups excluding carboxylic acids is 1. The fourth-order valence-corrected chi connectivity index (χ4v) is 3.31. The molecule has 0 aromatic heterocycles. The van der Waals surface area contributed by atoms with Gasteiger partial charge in [-0.25, -0.2) is 8.42 Å². The summed E-state index contributed by atoms with van der Waals surface area (Å²) in [5.41, 5.74) is 0.677. The maximum absolute atomic E-state index is 12.1. The molecular weight excluding hydrogens is 404 g/mol. The van der Waals surface area contributed by atoms with E-state index in [-0.39, 0.29) is 29.3 Å². The maximum atomic E-state index is 12.1. The van der Waals surface area contributed by atoms with Gasteiger partial charge in [0.1, 0.15) is 11.5 Å². The second-order valence-corrected chi connectivity index (χ2v) is 8.36. The summed E-state index contributed by atoms with van der Waals surface area (Å²) in [6, 6.07) is 13.2. The number of sulfone groups is 1. The summed E-state index contributed by atoms with van der Waals surface area (Å²) in [5.74, 6) is 1.04. The van der Waals surface area contributed by atoms with E-state index >= 15 is 0 Å². The van der Waals surface area contributed by atoms with E-state index in [1.807, 2.05) is 0 Å². The number of rotatable bonds is 6. The Labute approximate surface area is 170 Å². The van der Waals surface area contributed by atoms with Gasteiger partial charge in [0.05, 0.1) is 18.1 Å². The van der Waals surface area contributed by atoms with E-state index in [0.717, 1.165) is 12.8 Å². The minimum atomic E-state index is -3.23. The number of hydrogen-bond acceptors (Lipinski definition) is 6. The van der Waals surface area contributed by atoms with Crippen LogP contribution in [0, 0.1) is 0 Å². The summed E-state index contributed by atoms with van der Waals surface area (Å²) in [5, 5.41) is 6.09. The van der Waals surface area contributed by atoms with Crippen molar-refractivity contribution in [1.29, 1.82) is 0 Å². The van der Waals surface area contributed by atoms with Crippen LogP contribution in [0.4, 0.5) is 5.69 Å². The average molecular weight is 427 g/mol. The summed E-state index contributed by atoms with van der Waals surface area (Å²) >= 11 is 0. The van der Waals surface area contributed by atoms with Gasteiger partial charge in [-0.15, -0.1) is 12.4 Å². The summed E-state index contributed by atoms with van der Waals surface area (Å²) in [4.78, 5) is 12.3.